The summed E-state index contributed by atoms with van der Waals surface area (Å²) in [5.74, 6) is -0.847. The maximum Gasteiger partial charge on any atom is 0.416 e. The van der Waals surface area contributed by atoms with E-state index in [0.29, 0.717) is 23.4 Å². The minimum atomic E-state index is -4.74. The van der Waals surface area contributed by atoms with Crippen molar-refractivity contribution in [3.05, 3.63) is 98.6 Å². The summed E-state index contributed by atoms with van der Waals surface area (Å²) < 4.78 is 44.0. The summed E-state index contributed by atoms with van der Waals surface area (Å²) in [7, 11) is 0. The first-order chi connectivity index (χ1) is 16.5. The summed E-state index contributed by atoms with van der Waals surface area (Å²) >= 11 is 0. The van der Waals surface area contributed by atoms with E-state index in [1.807, 2.05) is 32.0 Å². The zero-order valence-electron chi connectivity index (χ0n) is 18.5. The quantitative estimate of drug-likeness (QED) is 0.186. The van der Waals surface area contributed by atoms with Crippen LogP contribution in [0.15, 0.2) is 66.2 Å². The van der Waals surface area contributed by atoms with Crippen molar-refractivity contribution >= 4 is 23.4 Å². The lowest BCUT2D eigenvalue weighted by Gasteiger charge is -2.10. The first-order valence-corrected chi connectivity index (χ1v) is 10.1. The summed E-state index contributed by atoms with van der Waals surface area (Å²) in [4.78, 5) is 22.8. The van der Waals surface area contributed by atoms with Crippen LogP contribution in [0.25, 0.3) is 6.08 Å². The number of nitro benzene ring substituents is 1. The zero-order chi connectivity index (χ0) is 25.8. The average Bonchev–Trinajstić information content (AvgIpc) is 2.79. The minimum absolute atomic E-state index is 0.114. The Morgan fingerprint density at radius 2 is 1.77 bits per heavy atom. The van der Waals surface area contributed by atoms with E-state index in [2.05, 4.69) is 5.32 Å². The van der Waals surface area contributed by atoms with E-state index in [1.165, 1.54) is 30.3 Å². The third-order valence-corrected chi connectivity index (χ3v) is 4.90. The highest BCUT2D eigenvalue weighted by Gasteiger charge is 2.33. The summed E-state index contributed by atoms with van der Waals surface area (Å²) in [5.41, 5.74) is 0.751. The Morgan fingerprint density at radius 1 is 1.09 bits per heavy atom. The van der Waals surface area contributed by atoms with E-state index in [4.69, 9.17) is 4.74 Å². The Kier molecular flexibility index (Phi) is 7.20. The number of hydrogen-bond acceptors (Lipinski definition) is 5. The van der Waals surface area contributed by atoms with Crippen LogP contribution in [0.2, 0.25) is 0 Å². The monoisotopic (exact) mass is 481 g/mol. The lowest BCUT2D eigenvalue weighted by molar-refractivity contribution is -0.385. The van der Waals surface area contributed by atoms with E-state index < -0.39 is 28.3 Å². The predicted molar refractivity (Wildman–Crippen MR) is 123 cm³/mol. The van der Waals surface area contributed by atoms with Gasteiger partial charge in [-0.15, -0.1) is 0 Å². The molecule has 0 fully saturated rings. The van der Waals surface area contributed by atoms with Gasteiger partial charge in [-0.3, -0.25) is 14.9 Å². The number of benzene rings is 3. The fourth-order valence-electron chi connectivity index (χ4n) is 3.14. The molecular formula is C25H18F3N3O4. The van der Waals surface area contributed by atoms with Crippen LogP contribution < -0.4 is 10.1 Å². The molecular weight excluding hydrogens is 463 g/mol. The number of ether oxygens (including phenoxy) is 1. The van der Waals surface area contributed by atoms with Gasteiger partial charge in [-0.1, -0.05) is 29.8 Å². The third-order valence-electron chi connectivity index (χ3n) is 4.90. The molecule has 0 heterocycles. The van der Waals surface area contributed by atoms with Crippen molar-refractivity contribution in [1.29, 1.82) is 5.26 Å². The molecule has 10 heteroatoms. The van der Waals surface area contributed by atoms with Gasteiger partial charge in [-0.25, -0.2) is 0 Å². The number of hydrogen-bond donors (Lipinski definition) is 1. The Morgan fingerprint density at radius 3 is 2.34 bits per heavy atom. The molecule has 0 unspecified atom stereocenters. The number of nitrogens with zero attached hydrogens (tertiary/aromatic N) is 2. The number of nitriles is 1. The zero-order valence-corrected chi connectivity index (χ0v) is 18.5. The van der Waals surface area contributed by atoms with Gasteiger partial charge in [0.25, 0.3) is 5.91 Å². The molecule has 0 radical (unpaired) electrons. The van der Waals surface area contributed by atoms with Crippen LogP contribution in [0.3, 0.4) is 0 Å². The highest BCUT2D eigenvalue weighted by molar-refractivity contribution is 6.10. The molecule has 0 aliphatic rings. The van der Waals surface area contributed by atoms with Gasteiger partial charge in [0.15, 0.2) is 0 Å². The molecule has 3 aromatic carbocycles. The summed E-state index contributed by atoms with van der Waals surface area (Å²) in [5, 5.41) is 23.3. The summed E-state index contributed by atoms with van der Waals surface area (Å²) in [6.45, 7) is 3.75. The van der Waals surface area contributed by atoms with Gasteiger partial charge in [0.2, 0.25) is 5.75 Å². The Hall–Kier alpha value is -4.65. The molecule has 3 rings (SSSR count). The molecule has 7 nitrogen and oxygen atoms in total. The molecule has 178 valence electrons. The Bertz CT molecular complexity index is 1360. The molecule has 0 spiro atoms. The minimum Gasteiger partial charge on any atom is -0.450 e. The van der Waals surface area contributed by atoms with Crippen LogP contribution in [0.5, 0.6) is 11.5 Å². The van der Waals surface area contributed by atoms with Gasteiger partial charge in [-0.2, -0.15) is 18.4 Å². The largest absolute Gasteiger partial charge is 0.450 e. The molecule has 35 heavy (non-hydrogen) atoms. The van der Waals surface area contributed by atoms with E-state index in [-0.39, 0.29) is 17.1 Å². The lowest BCUT2D eigenvalue weighted by atomic mass is 10.1. The number of aryl methyl sites for hydroxylation is 2. The van der Waals surface area contributed by atoms with E-state index in [1.54, 1.807) is 6.07 Å². The topological polar surface area (TPSA) is 105 Å². The highest BCUT2D eigenvalue weighted by atomic mass is 19.4. The van der Waals surface area contributed by atoms with Crippen molar-refractivity contribution in [2.45, 2.75) is 20.0 Å². The average molecular weight is 481 g/mol. The second-order valence-corrected chi connectivity index (χ2v) is 7.55. The number of amides is 1. The number of nitro groups is 1. The number of carbonyl (C=O) groups is 1. The van der Waals surface area contributed by atoms with Crippen LogP contribution in [-0.4, -0.2) is 10.8 Å². The number of anilines is 1. The van der Waals surface area contributed by atoms with Crippen molar-refractivity contribution in [3.8, 4) is 17.6 Å². The van der Waals surface area contributed by atoms with Crippen LogP contribution in [-0.2, 0) is 11.0 Å². The maximum absolute atomic E-state index is 12.9. The molecule has 3 aromatic rings. The molecule has 1 N–H and O–H groups in total. The molecule has 0 saturated carbocycles. The molecule has 0 aliphatic carbocycles. The summed E-state index contributed by atoms with van der Waals surface area (Å²) in [6, 6.07) is 15.1. The maximum atomic E-state index is 12.9. The molecule has 0 aliphatic heterocycles. The first kappa shape index (κ1) is 25.0. The van der Waals surface area contributed by atoms with Crippen molar-refractivity contribution < 1.29 is 27.6 Å². The number of alkyl halides is 3. The van der Waals surface area contributed by atoms with Crippen molar-refractivity contribution in [1.82, 2.24) is 0 Å². The van der Waals surface area contributed by atoms with Crippen molar-refractivity contribution in [3.63, 3.8) is 0 Å². The molecule has 0 saturated heterocycles. The number of nitrogens with one attached hydrogen (secondary N) is 1. The normalized spacial score (nSPS) is 11.5. The van der Waals surface area contributed by atoms with Gasteiger partial charge in [0.05, 0.1) is 10.5 Å². The standard InChI is InChI=1S/C25H18F3N3O4/c1-15-3-9-21(16(2)11-15)30-24(32)18(14-29)12-17-4-7-20(8-5-17)35-23-10-6-19(25(26,27)28)13-22(23)31(33)34/h3-13H,1-2H3,(H,30,32)/b18-12+. The molecule has 0 atom stereocenters. The van der Waals surface area contributed by atoms with E-state index in [0.717, 1.165) is 17.2 Å². The second kappa shape index (κ2) is 10.1. The number of carbonyl (C=O) groups excluding carboxylic acids is 1. The van der Waals surface area contributed by atoms with Gasteiger partial charge >= 0.3 is 11.9 Å². The van der Waals surface area contributed by atoms with Crippen LogP contribution >= 0.6 is 0 Å². The van der Waals surface area contributed by atoms with E-state index in [9.17, 15) is 33.3 Å². The number of halogens is 3. The Labute approximate surface area is 198 Å². The second-order valence-electron chi connectivity index (χ2n) is 7.55. The first-order valence-electron chi connectivity index (χ1n) is 10.1. The predicted octanol–water partition coefficient (Wildman–Crippen LogP) is 6.57. The molecule has 1 amide bonds. The lowest BCUT2D eigenvalue weighted by Crippen LogP contribution is -2.14. The van der Waals surface area contributed by atoms with Crippen LogP contribution in [0.1, 0.15) is 22.3 Å². The van der Waals surface area contributed by atoms with Crippen molar-refractivity contribution in [2.75, 3.05) is 5.32 Å². The fourth-order valence-corrected chi connectivity index (χ4v) is 3.14. The van der Waals surface area contributed by atoms with Gasteiger partial charge < -0.3 is 10.1 Å². The van der Waals surface area contributed by atoms with Crippen LogP contribution in [0, 0.1) is 35.3 Å². The highest BCUT2D eigenvalue weighted by Crippen LogP contribution is 2.37. The SMILES string of the molecule is Cc1ccc(NC(=O)/C(C#N)=C/c2ccc(Oc3ccc(C(F)(F)F)cc3[N+](=O)[O-])cc2)c(C)c1. The smallest absolute Gasteiger partial charge is 0.416 e. The number of rotatable bonds is 6. The summed E-state index contributed by atoms with van der Waals surface area (Å²) in [6.07, 6.45) is -3.39. The fraction of sp³-hybridized carbons (Fsp3) is 0.120. The van der Waals surface area contributed by atoms with E-state index >= 15 is 0 Å². The third kappa shape index (κ3) is 6.23. The van der Waals surface area contributed by atoms with Crippen molar-refractivity contribution in [2.24, 2.45) is 0 Å². The van der Waals surface area contributed by atoms with Gasteiger partial charge in [0.1, 0.15) is 17.4 Å². The Balaban J connectivity index is 1.79. The van der Waals surface area contributed by atoms with Gasteiger partial charge in [-0.05, 0) is 61.4 Å². The molecule has 0 aromatic heterocycles. The molecule has 0 bridgehead atoms. The van der Waals surface area contributed by atoms with Gasteiger partial charge in [0, 0.05) is 11.8 Å². The van der Waals surface area contributed by atoms with Crippen LogP contribution in [0.4, 0.5) is 24.5 Å².